The molecule has 120 valence electrons. The van der Waals surface area contributed by atoms with Gasteiger partial charge in [0.2, 0.25) is 0 Å². The van der Waals surface area contributed by atoms with E-state index in [1.165, 1.54) is 56.5 Å². The molecule has 0 aliphatic heterocycles. The number of hydrogen-bond donors (Lipinski definition) is 1. The van der Waals surface area contributed by atoms with Crippen molar-refractivity contribution >= 4 is 11.3 Å². The van der Waals surface area contributed by atoms with Crippen molar-refractivity contribution in [3.8, 4) is 0 Å². The standard InChI is InChI=1S/C18H32N2S/c1-4-11-19-18-10-6-5-8-16(18)14-20(3)15(2)13-17-9-7-12-21-17/h7,9,12,15-16,18-19H,4-6,8,10-11,13-14H2,1-3H3. The molecular weight excluding hydrogens is 276 g/mol. The van der Waals surface area contributed by atoms with E-state index in [2.05, 4.69) is 48.6 Å². The lowest BCUT2D eigenvalue weighted by Gasteiger charge is -2.37. The molecule has 1 heterocycles. The SMILES string of the molecule is CCCNC1CCCCC1CN(C)C(C)Cc1cccs1. The summed E-state index contributed by atoms with van der Waals surface area (Å²) in [6.45, 7) is 7.06. The number of hydrogen-bond acceptors (Lipinski definition) is 3. The Morgan fingerprint density at radius 2 is 2.19 bits per heavy atom. The minimum absolute atomic E-state index is 0.636. The Kier molecular flexibility index (Phi) is 7.21. The van der Waals surface area contributed by atoms with Gasteiger partial charge < -0.3 is 10.2 Å². The highest BCUT2D eigenvalue weighted by Crippen LogP contribution is 2.26. The number of likely N-dealkylation sites (N-methyl/N-ethyl adjacent to an activating group) is 1. The molecule has 1 aromatic rings. The van der Waals surface area contributed by atoms with Crippen molar-refractivity contribution in [3.05, 3.63) is 22.4 Å². The average molecular weight is 309 g/mol. The fourth-order valence-corrected chi connectivity index (χ4v) is 4.28. The van der Waals surface area contributed by atoms with E-state index in [9.17, 15) is 0 Å². The van der Waals surface area contributed by atoms with E-state index in [1.54, 1.807) is 0 Å². The summed E-state index contributed by atoms with van der Waals surface area (Å²) in [6, 6.07) is 5.81. The quantitative estimate of drug-likeness (QED) is 0.775. The molecule has 0 spiro atoms. The molecule has 3 heteroatoms. The molecule has 1 aromatic heterocycles. The highest BCUT2D eigenvalue weighted by Gasteiger charge is 2.26. The topological polar surface area (TPSA) is 15.3 Å². The van der Waals surface area contributed by atoms with Crippen molar-refractivity contribution in [2.75, 3.05) is 20.1 Å². The molecule has 0 bridgehead atoms. The normalized spacial score (nSPS) is 24.4. The first-order valence-corrected chi connectivity index (χ1v) is 9.54. The van der Waals surface area contributed by atoms with Crippen LogP contribution < -0.4 is 5.32 Å². The predicted molar refractivity (Wildman–Crippen MR) is 94.2 cm³/mol. The first-order valence-electron chi connectivity index (χ1n) is 8.66. The Morgan fingerprint density at radius 3 is 2.90 bits per heavy atom. The third kappa shape index (κ3) is 5.39. The van der Waals surface area contributed by atoms with Crippen LogP contribution in [0.25, 0.3) is 0 Å². The monoisotopic (exact) mass is 308 g/mol. The minimum atomic E-state index is 0.636. The van der Waals surface area contributed by atoms with Crippen LogP contribution >= 0.6 is 11.3 Å². The van der Waals surface area contributed by atoms with Crippen molar-refractivity contribution in [1.29, 1.82) is 0 Å². The maximum Gasteiger partial charge on any atom is 0.0112 e. The van der Waals surface area contributed by atoms with Gasteiger partial charge in [-0.15, -0.1) is 11.3 Å². The molecule has 1 aliphatic rings. The maximum absolute atomic E-state index is 3.79. The zero-order valence-corrected chi connectivity index (χ0v) is 14.8. The van der Waals surface area contributed by atoms with E-state index in [0.717, 1.165) is 12.0 Å². The van der Waals surface area contributed by atoms with Gasteiger partial charge in [0.1, 0.15) is 0 Å². The highest BCUT2D eigenvalue weighted by atomic mass is 32.1. The Labute approximate surface area is 134 Å². The molecule has 0 amide bonds. The second-order valence-electron chi connectivity index (χ2n) is 6.68. The van der Waals surface area contributed by atoms with Crippen molar-refractivity contribution in [2.45, 2.75) is 64.5 Å². The number of thiophene rings is 1. The zero-order chi connectivity index (χ0) is 15.1. The van der Waals surface area contributed by atoms with Gasteiger partial charge in [0.15, 0.2) is 0 Å². The fraction of sp³-hybridized carbons (Fsp3) is 0.778. The lowest BCUT2D eigenvalue weighted by molar-refractivity contribution is 0.160. The summed E-state index contributed by atoms with van der Waals surface area (Å²) in [5.74, 6) is 0.834. The van der Waals surface area contributed by atoms with Gasteiger partial charge in [-0.3, -0.25) is 0 Å². The van der Waals surface area contributed by atoms with Crippen LogP contribution in [-0.2, 0) is 6.42 Å². The van der Waals surface area contributed by atoms with Crippen molar-refractivity contribution in [3.63, 3.8) is 0 Å². The van der Waals surface area contributed by atoms with Crippen LogP contribution in [0.4, 0.5) is 0 Å². The third-order valence-corrected chi connectivity index (χ3v) is 5.82. The summed E-state index contributed by atoms with van der Waals surface area (Å²) in [7, 11) is 2.31. The van der Waals surface area contributed by atoms with E-state index in [0.29, 0.717) is 6.04 Å². The first kappa shape index (κ1) is 17.0. The summed E-state index contributed by atoms with van der Waals surface area (Å²) in [5, 5.41) is 5.97. The molecule has 0 aromatic carbocycles. The number of rotatable bonds is 8. The van der Waals surface area contributed by atoms with E-state index < -0.39 is 0 Å². The molecule has 0 saturated heterocycles. The number of nitrogens with zero attached hydrogens (tertiary/aromatic N) is 1. The minimum Gasteiger partial charge on any atom is -0.314 e. The molecule has 1 fully saturated rings. The van der Waals surface area contributed by atoms with Crippen LogP contribution in [0.3, 0.4) is 0 Å². The Bertz CT molecular complexity index is 377. The molecular formula is C18H32N2S. The molecule has 1 N–H and O–H groups in total. The van der Waals surface area contributed by atoms with Gasteiger partial charge >= 0.3 is 0 Å². The second kappa shape index (κ2) is 8.92. The van der Waals surface area contributed by atoms with Crippen LogP contribution in [0.5, 0.6) is 0 Å². The summed E-state index contributed by atoms with van der Waals surface area (Å²) < 4.78 is 0. The summed E-state index contributed by atoms with van der Waals surface area (Å²) in [5.41, 5.74) is 0. The van der Waals surface area contributed by atoms with Gasteiger partial charge in [0.05, 0.1) is 0 Å². The van der Waals surface area contributed by atoms with Gasteiger partial charge in [0.25, 0.3) is 0 Å². The molecule has 21 heavy (non-hydrogen) atoms. The second-order valence-corrected chi connectivity index (χ2v) is 7.71. The van der Waals surface area contributed by atoms with Crippen LogP contribution in [-0.4, -0.2) is 37.1 Å². The summed E-state index contributed by atoms with van der Waals surface area (Å²) >= 11 is 1.89. The van der Waals surface area contributed by atoms with Gasteiger partial charge in [-0.25, -0.2) is 0 Å². The molecule has 1 aliphatic carbocycles. The van der Waals surface area contributed by atoms with Gasteiger partial charge in [0, 0.05) is 23.5 Å². The molecule has 2 rings (SSSR count). The largest absolute Gasteiger partial charge is 0.314 e. The van der Waals surface area contributed by atoms with Crippen LogP contribution in [0.2, 0.25) is 0 Å². The van der Waals surface area contributed by atoms with Gasteiger partial charge in [-0.1, -0.05) is 25.8 Å². The van der Waals surface area contributed by atoms with Crippen LogP contribution in [0.1, 0.15) is 50.8 Å². The predicted octanol–water partition coefficient (Wildman–Crippen LogP) is 4.17. The smallest absolute Gasteiger partial charge is 0.0112 e. The fourth-order valence-electron chi connectivity index (χ4n) is 3.45. The molecule has 3 unspecified atom stereocenters. The first-order chi connectivity index (χ1) is 10.2. The van der Waals surface area contributed by atoms with Crippen molar-refractivity contribution in [2.24, 2.45) is 5.92 Å². The van der Waals surface area contributed by atoms with E-state index in [4.69, 9.17) is 0 Å². The molecule has 0 radical (unpaired) electrons. The van der Waals surface area contributed by atoms with Crippen LogP contribution in [0, 0.1) is 5.92 Å². The maximum atomic E-state index is 3.79. The molecule has 1 saturated carbocycles. The highest BCUT2D eigenvalue weighted by molar-refractivity contribution is 7.09. The van der Waals surface area contributed by atoms with E-state index >= 15 is 0 Å². The van der Waals surface area contributed by atoms with Gasteiger partial charge in [-0.05, 0) is 63.6 Å². The lowest BCUT2D eigenvalue weighted by atomic mass is 9.84. The van der Waals surface area contributed by atoms with Crippen LogP contribution in [0.15, 0.2) is 17.5 Å². The van der Waals surface area contributed by atoms with E-state index in [1.807, 2.05) is 11.3 Å². The zero-order valence-electron chi connectivity index (χ0n) is 14.0. The Hall–Kier alpha value is -0.380. The average Bonchev–Trinajstić information content (AvgIpc) is 2.99. The summed E-state index contributed by atoms with van der Waals surface area (Å²) in [4.78, 5) is 4.09. The van der Waals surface area contributed by atoms with Gasteiger partial charge in [-0.2, -0.15) is 0 Å². The Balaban J connectivity index is 1.82. The molecule has 2 nitrogen and oxygen atoms in total. The third-order valence-electron chi connectivity index (χ3n) is 4.92. The number of nitrogens with one attached hydrogen (secondary N) is 1. The van der Waals surface area contributed by atoms with Crippen molar-refractivity contribution < 1.29 is 0 Å². The van der Waals surface area contributed by atoms with Crippen molar-refractivity contribution in [1.82, 2.24) is 10.2 Å². The molecule has 3 atom stereocenters. The van der Waals surface area contributed by atoms with E-state index in [-0.39, 0.29) is 0 Å². The summed E-state index contributed by atoms with van der Waals surface area (Å²) in [6.07, 6.45) is 8.03. The lowest BCUT2D eigenvalue weighted by Crippen LogP contribution is -2.45. The Morgan fingerprint density at radius 1 is 1.38 bits per heavy atom.